The van der Waals surface area contributed by atoms with Crippen LogP contribution in [0.25, 0.3) is 0 Å². The van der Waals surface area contributed by atoms with Crippen molar-refractivity contribution >= 4 is 5.91 Å². The van der Waals surface area contributed by atoms with Gasteiger partial charge >= 0.3 is 0 Å². The summed E-state index contributed by atoms with van der Waals surface area (Å²) in [5, 5.41) is 7.84. The first-order valence-electron chi connectivity index (χ1n) is 10.5. The fraction of sp³-hybridized carbons (Fsp3) is 0.565. The van der Waals surface area contributed by atoms with Gasteiger partial charge in [0, 0.05) is 11.7 Å². The van der Waals surface area contributed by atoms with E-state index in [0.717, 1.165) is 53.9 Å². The average molecular weight is 380 g/mol. The molecule has 2 aromatic rings. The first-order chi connectivity index (χ1) is 13.5. The number of amides is 1. The van der Waals surface area contributed by atoms with Crippen molar-refractivity contribution in [3.8, 4) is 5.75 Å². The van der Waals surface area contributed by atoms with Gasteiger partial charge in [-0.25, -0.2) is 4.68 Å². The maximum Gasteiger partial charge on any atom is 0.272 e. The number of carbonyl (C=O) groups is 1. The van der Waals surface area contributed by atoms with Crippen LogP contribution in [0.2, 0.25) is 0 Å². The fourth-order valence-electron chi connectivity index (χ4n) is 6.12. The predicted molar refractivity (Wildman–Crippen MR) is 107 cm³/mol. The van der Waals surface area contributed by atoms with Gasteiger partial charge < -0.3 is 10.1 Å². The normalized spacial score (nSPS) is 30.4. The summed E-state index contributed by atoms with van der Waals surface area (Å²) in [5.74, 6) is 3.27. The number of aryl methyl sites for hydroxylation is 2. The van der Waals surface area contributed by atoms with Gasteiger partial charge in [0.15, 0.2) is 6.73 Å². The van der Waals surface area contributed by atoms with Crippen LogP contribution in [0.4, 0.5) is 0 Å². The summed E-state index contributed by atoms with van der Waals surface area (Å²) in [7, 11) is 0. The van der Waals surface area contributed by atoms with Gasteiger partial charge in [0.25, 0.3) is 5.91 Å². The Morgan fingerprint density at radius 3 is 2.50 bits per heavy atom. The lowest BCUT2D eigenvalue weighted by Gasteiger charge is -2.56. The van der Waals surface area contributed by atoms with E-state index in [1.165, 1.54) is 19.3 Å². The van der Waals surface area contributed by atoms with Crippen LogP contribution < -0.4 is 10.1 Å². The highest BCUT2D eigenvalue weighted by Crippen LogP contribution is 2.55. The summed E-state index contributed by atoms with van der Waals surface area (Å²) < 4.78 is 7.59. The van der Waals surface area contributed by atoms with Crippen molar-refractivity contribution in [2.75, 3.05) is 0 Å². The molecule has 1 aromatic heterocycles. The molecule has 0 atom stereocenters. The van der Waals surface area contributed by atoms with Crippen LogP contribution >= 0.6 is 0 Å². The maximum absolute atomic E-state index is 12.9. The van der Waals surface area contributed by atoms with Crippen molar-refractivity contribution in [2.24, 2.45) is 17.8 Å². The van der Waals surface area contributed by atoms with E-state index in [1.807, 2.05) is 26.1 Å². The lowest BCUT2D eigenvalue weighted by Crippen LogP contribution is -2.59. The lowest BCUT2D eigenvalue weighted by atomic mass is 9.53. The van der Waals surface area contributed by atoms with Gasteiger partial charge in [0.05, 0.1) is 0 Å². The second-order valence-corrected chi connectivity index (χ2v) is 9.43. The Morgan fingerprint density at radius 1 is 1.14 bits per heavy atom. The summed E-state index contributed by atoms with van der Waals surface area (Å²) in [5.41, 5.74) is 2.76. The molecule has 4 bridgehead atoms. The van der Waals surface area contributed by atoms with Gasteiger partial charge in [-0.05, 0) is 93.4 Å². The van der Waals surface area contributed by atoms with Crippen molar-refractivity contribution in [1.82, 2.24) is 15.1 Å². The molecule has 5 nitrogen and oxygen atoms in total. The molecule has 4 aliphatic rings. The van der Waals surface area contributed by atoms with Crippen molar-refractivity contribution < 1.29 is 9.53 Å². The number of nitrogens with zero attached hydrogens (tertiary/aromatic N) is 2. The second kappa shape index (κ2) is 6.64. The fourth-order valence-corrected chi connectivity index (χ4v) is 6.12. The lowest BCUT2D eigenvalue weighted by molar-refractivity contribution is -0.0168. The third-order valence-electron chi connectivity index (χ3n) is 6.99. The molecule has 5 heteroatoms. The molecular weight excluding hydrogens is 350 g/mol. The Labute approximate surface area is 166 Å². The van der Waals surface area contributed by atoms with Crippen LogP contribution in [0, 0.1) is 31.6 Å². The number of rotatable bonds is 5. The number of hydrogen-bond donors (Lipinski definition) is 1. The predicted octanol–water partition coefficient (Wildman–Crippen LogP) is 4.24. The van der Waals surface area contributed by atoms with Crippen molar-refractivity contribution in [1.29, 1.82) is 0 Å². The number of aromatic nitrogens is 2. The minimum Gasteiger partial charge on any atom is -0.471 e. The average Bonchev–Trinajstić information content (AvgIpc) is 3.10. The molecule has 1 N–H and O–H groups in total. The molecule has 4 saturated carbocycles. The highest BCUT2D eigenvalue weighted by atomic mass is 16.5. The van der Waals surface area contributed by atoms with Gasteiger partial charge in [0.2, 0.25) is 0 Å². The van der Waals surface area contributed by atoms with Gasteiger partial charge in [-0.3, -0.25) is 4.79 Å². The van der Waals surface area contributed by atoms with Crippen molar-refractivity contribution in [3.63, 3.8) is 0 Å². The van der Waals surface area contributed by atoms with E-state index in [2.05, 4.69) is 22.5 Å². The zero-order chi connectivity index (χ0) is 19.3. The Morgan fingerprint density at radius 2 is 1.82 bits per heavy atom. The van der Waals surface area contributed by atoms with E-state index < -0.39 is 0 Å². The molecule has 0 radical (unpaired) electrons. The maximum atomic E-state index is 12.9. The largest absolute Gasteiger partial charge is 0.471 e. The molecule has 0 unspecified atom stereocenters. The summed E-state index contributed by atoms with van der Waals surface area (Å²) in [6, 6.07) is 7.95. The quantitative estimate of drug-likeness (QED) is 0.846. The zero-order valence-electron chi connectivity index (χ0n) is 16.8. The van der Waals surface area contributed by atoms with Gasteiger partial charge in [0.1, 0.15) is 11.4 Å². The Kier molecular flexibility index (Phi) is 4.22. The van der Waals surface area contributed by atoms with Gasteiger partial charge in [-0.2, -0.15) is 5.10 Å². The minimum atomic E-state index is -0.0348. The summed E-state index contributed by atoms with van der Waals surface area (Å²) in [4.78, 5) is 12.9. The smallest absolute Gasteiger partial charge is 0.272 e. The van der Waals surface area contributed by atoms with E-state index in [-0.39, 0.29) is 11.4 Å². The molecule has 1 heterocycles. The number of benzene rings is 1. The zero-order valence-corrected chi connectivity index (χ0v) is 16.8. The summed E-state index contributed by atoms with van der Waals surface area (Å²) >= 11 is 0. The van der Waals surface area contributed by atoms with Gasteiger partial charge in [-0.1, -0.05) is 12.1 Å². The number of ether oxygens (including phenoxy) is 1. The minimum absolute atomic E-state index is 0.0186. The number of hydrogen-bond acceptors (Lipinski definition) is 3. The molecule has 1 aromatic carbocycles. The molecular formula is C23H29N3O2. The first kappa shape index (κ1) is 17.8. The summed E-state index contributed by atoms with van der Waals surface area (Å²) in [6.07, 6.45) is 9.40. The highest BCUT2D eigenvalue weighted by molar-refractivity contribution is 5.92. The first-order valence-corrected chi connectivity index (χ1v) is 10.5. The molecule has 6 rings (SSSR count). The van der Waals surface area contributed by atoms with Crippen LogP contribution in [-0.2, 0) is 6.73 Å². The standard InChI is InChI=1S/C23H29N3O2/c1-15-3-4-16(2)21(7-15)28-14-26-6-5-20(25-26)22(27)24-23-11-17-8-18(12-23)10-19(9-17)13-23/h3-7,17-19H,8-14H2,1-2H3,(H,24,27). The van der Waals surface area contributed by atoms with Crippen LogP contribution in [0.5, 0.6) is 5.75 Å². The third-order valence-corrected chi connectivity index (χ3v) is 6.99. The van der Waals surface area contributed by atoms with E-state index in [9.17, 15) is 4.79 Å². The van der Waals surface area contributed by atoms with Crippen LogP contribution in [-0.4, -0.2) is 21.2 Å². The van der Waals surface area contributed by atoms with E-state index in [1.54, 1.807) is 10.7 Å². The molecule has 4 aliphatic carbocycles. The molecule has 0 aliphatic heterocycles. The topological polar surface area (TPSA) is 56.1 Å². The Balaban J connectivity index is 1.23. The monoisotopic (exact) mass is 379 g/mol. The molecule has 1 amide bonds. The number of nitrogens with one attached hydrogen (secondary N) is 1. The molecule has 148 valence electrons. The molecule has 0 saturated heterocycles. The third kappa shape index (κ3) is 3.31. The molecule has 0 spiro atoms. The van der Waals surface area contributed by atoms with Crippen molar-refractivity contribution in [2.45, 2.75) is 64.6 Å². The van der Waals surface area contributed by atoms with Crippen molar-refractivity contribution in [3.05, 3.63) is 47.3 Å². The summed E-state index contributed by atoms with van der Waals surface area (Å²) in [6.45, 7) is 4.38. The second-order valence-electron chi connectivity index (χ2n) is 9.43. The van der Waals surface area contributed by atoms with Crippen LogP contribution in [0.3, 0.4) is 0 Å². The van der Waals surface area contributed by atoms with E-state index in [4.69, 9.17) is 4.74 Å². The highest BCUT2D eigenvalue weighted by Gasteiger charge is 2.51. The Bertz CT molecular complexity index is 866. The SMILES string of the molecule is Cc1ccc(C)c(OCn2ccc(C(=O)NC34CC5CC(CC(C5)C3)C4)n2)c1. The molecule has 28 heavy (non-hydrogen) atoms. The Hall–Kier alpha value is -2.30. The van der Waals surface area contributed by atoms with E-state index in [0.29, 0.717) is 12.4 Å². The van der Waals surface area contributed by atoms with Crippen LogP contribution in [0.15, 0.2) is 30.5 Å². The van der Waals surface area contributed by atoms with Gasteiger partial charge in [-0.15, -0.1) is 0 Å². The van der Waals surface area contributed by atoms with E-state index >= 15 is 0 Å². The number of carbonyl (C=O) groups excluding carboxylic acids is 1. The molecule has 4 fully saturated rings. The van der Waals surface area contributed by atoms with Crippen LogP contribution in [0.1, 0.15) is 60.1 Å².